The van der Waals surface area contributed by atoms with Gasteiger partial charge in [0.1, 0.15) is 0 Å². The average molecular weight is 312 g/mol. The molecule has 0 saturated heterocycles. The minimum Gasteiger partial charge on any atom is -0.391 e. The Balaban J connectivity index is 2.27. The minimum atomic E-state index is -3.78. The van der Waals surface area contributed by atoms with E-state index in [2.05, 4.69) is 4.72 Å². The first-order valence-corrected chi connectivity index (χ1v) is 8.40. The maximum Gasteiger partial charge on any atom is 0.249 e. The van der Waals surface area contributed by atoms with Crippen LogP contribution in [0.2, 0.25) is 0 Å². The summed E-state index contributed by atoms with van der Waals surface area (Å²) < 4.78 is 27.2. The van der Waals surface area contributed by atoms with E-state index in [9.17, 15) is 18.3 Å². The molecule has 0 unspecified atom stereocenters. The number of primary amides is 1. The second kappa shape index (κ2) is 6.13. The van der Waals surface area contributed by atoms with E-state index in [1.807, 2.05) is 0 Å². The van der Waals surface area contributed by atoms with Crippen LogP contribution in [-0.2, 0) is 10.0 Å². The summed E-state index contributed by atoms with van der Waals surface area (Å²) in [4.78, 5) is 11.3. The molecule has 1 fully saturated rings. The highest BCUT2D eigenvalue weighted by molar-refractivity contribution is 7.89. The van der Waals surface area contributed by atoms with Gasteiger partial charge < -0.3 is 10.8 Å². The Labute approximate surface area is 124 Å². The third kappa shape index (κ3) is 3.61. The van der Waals surface area contributed by atoms with Gasteiger partial charge in [-0.3, -0.25) is 4.79 Å². The van der Waals surface area contributed by atoms with E-state index in [0.29, 0.717) is 18.4 Å². The largest absolute Gasteiger partial charge is 0.391 e. The van der Waals surface area contributed by atoms with Crippen LogP contribution in [0.3, 0.4) is 0 Å². The number of aliphatic hydroxyl groups is 1. The molecule has 2 atom stereocenters. The molecule has 0 aliphatic heterocycles. The number of rotatable bonds is 4. The van der Waals surface area contributed by atoms with E-state index in [0.717, 1.165) is 12.8 Å². The van der Waals surface area contributed by atoms with Crippen molar-refractivity contribution < 1.29 is 18.3 Å². The number of carbonyl (C=O) groups excluding carboxylic acids is 1. The molecule has 1 aliphatic rings. The lowest BCUT2D eigenvalue weighted by molar-refractivity contribution is 0.0997. The lowest BCUT2D eigenvalue weighted by Crippen LogP contribution is -2.45. The molecule has 0 bridgehead atoms. The van der Waals surface area contributed by atoms with Gasteiger partial charge in [-0.2, -0.15) is 0 Å². The first kappa shape index (κ1) is 15.9. The number of hydrogen-bond acceptors (Lipinski definition) is 4. The summed E-state index contributed by atoms with van der Waals surface area (Å²) in [6.07, 6.45) is 2.30. The third-order valence-corrected chi connectivity index (χ3v) is 5.31. The summed E-state index contributed by atoms with van der Waals surface area (Å²) in [6, 6.07) is 3.77. The van der Waals surface area contributed by atoms with Crippen molar-refractivity contribution in [2.45, 2.75) is 49.6 Å². The second-order valence-electron chi connectivity index (χ2n) is 5.42. The predicted octanol–water partition coefficient (Wildman–Crippen LogP) is 0.676. The van der Waals surface area contributed by atoms with E-state index in [1.54, 1.807) is 13.0 Å². The quantitative estimate of drug-likeness (QED) is 0.759. The molecule has 0 aromatic heterocycles. The van der Waals surface area contributed by atoms with Crippen molar-refractivity contribution in [2.24, 2.45) is 5.73 Å². The first-order chi connectivity index (χ1) is 9.81. The van der Waals surface area contributed by atoms with Crippen molar-refractivity contribution in [1.29, 1.82) is 0 Å². The second-order valence-corrected chi connectivity index (χ2v) is 7.13. The molecular weight excluding hydrogens is 292 g/mol. The molecule has 1 aliphatic carbocycles. The highest BCUT2D eigenvalue weighted by Crippen LogP contribution is 2.21. The Hall–Kier alpha value is -1.44. The summed E-state index contributed by atoms with van der Waals surface area (Å²) >= 11 is 0. The Morgan fingerprint density at radius 3 is 2.62 bits per heavy atom. The van der Waals surface area contributed by atoms with Crippen molar-refractivity contribution in [3.05, 3.63) is 29.3 Å². The maximum absolute atomic E-state index is 12.4. The van der Waals surface area contributed by atoms with Crippen LogP contribution in [0.25, 0.3) is 0 Å². The van der Waals surface area contributed by atoms with E-state index in [1.165, 1.54) is 12.1 Å². The minimum absolute atomic E-state index is 0.0142. The van der Waals surface area contributed by atoms with Gasteiger partial charge in [-0.15, -0.1) is 0 Å². The van der Waals surface area contributed by atoms with Crippen LogP contribution in [-0.4, -0.2) is 31.6 Å². The number of aryl methyl sites for hydroxylation is 1. The van der Waals surface area contributed by atoms with Gasteiger partial charge in [0.2, 0.25) is 15.9 Å². The summed E-state index contributed by atoms with van der Waals surface area (Å²) in [5, 5.41) is 9.87. The molecule has 1 aromatic rings. The van der Waals surface area contributed by atoms with E-state index in [4.69, 9.17) is 5.73 Å². The fourth-order valence-electron chi connectivity index (χ4n) is 2.55. The molecule has 0 heterocycles. The monoisotopic (exact) mass is 312 g/mol. The summed E-state index contributed by atoms with van der Waals surface area (Å²) in [6.45, 7) is 1.69. The van der Waals surface area contributed by atoms with Gasteiger partial charge in [-0.25, -0.2) is 13.1 Å². The molecule has 21 heavy (non-hydrogen) atoms. The van der Waals surface area contributed by atoms with Crippen molar-refractivity contribution >= 4 is 15.9 Å². The molecule has 1 saturated carbocycles. The zero-order chi connectivity index (χ0) is 15.6. The van der Waals surface area contributed by atoms with Crippen LogP contribution in [0.1, 0.15) is 41.6 Å². The summed E-state index contributed by atoms with van der Waals surface area (Å²) in [5.74, 6) is -0.665. The molecule has 7 heteroatoms. The first-order valence-electron chi connectivity index (χ1n) is 6.92. The molecule has 6 nitrogen and oxygen atoms in total. The van der Waals surface area contributed by atoms with Gasteiger partial charge in [-0.1, -0.05) is 18.9 Å². The SMILES string of the molecule is Cc1ccc(S(=O)(=O)N[C@H]2CCCC[C@@H]2O)cc1C(N)=O. The van der Waals surface area contributed by atoms with Crippen molar-refractivity contribution in [3.63, 3.8) is 0 Å². The van der Waals surface area contributed by atoms with Crippen molar-refractivity contribution in [1.82, 2.24) is 4.72 Å². The summed E-state index contributed by atoms with van der Waals surface area (Å²) in [5.41, 5.74) is 6.05. The van der Waals surface area contributed by atoms with Crippen LogP contribution in [0.4, 0.5) is 0 Å². The Bertz CT molecular complexity index is 642. The van der Waals surface area contributed by atoms with E-state index >= 15 is 0 Å². The highest BCUT2D eigenvalue weighted by atomic mass is 32.2. The molecule has 2 rings (SSSR count). The predicted molar refractivity (Wildman–Crippen MR) is 78.3 cm³/mol. The molecular formula is C14H20N2O4S. The van der Waals surface area contributed by atoms with Gasteiger partial charge in [0, 0.05) is 11.6 Å². The van der Waals surface area contributed by atoms with Gasteiger partial charge in [0.15, 0.2) is 0 Å². The lowest BCUT2D eigenvalue weighted by atomic mass is 9.93. The third-order valence-electron chi connectivity index (χ3n) is 3.82. The number of carbonyl (C=O) groups is 1. The molecule has 0 radical (unpaired) electrons. The molecule has 1 aromatic carbocycles. The highest BCUT2D eigenvalue weighted by Gasteiger charge is 2.28. The number of nitrogens with two attached hydrogens (primary N) is 1. The van der Waals surface area contributed by atoms with Crippen LogP contribution in [0.5, 0.6) is 0 Å². The number of amides is 1. The Morgan fingerprint density at radius 2 is 2.00 bits per heavy atom. The van der Waals surface area contributed by atoms with Crippen LogP contribution < -0.4 is 10.5 Å². The fraction of sp³-hybridized carbons (Fsp3) is 0.500. The van der Waals surface area contributed by atoms with E-state index < -0.39 is 28.1 Å². The van der Waals surface area contributed by atoms with Crippen LogP contribution in [0.15, 0.2) is 23.1 Å². The molecule has 4 N–H and O–H groups in total. The standard InChI is InChI=1S/C14H20N2O4S/c1-9-6-7-10(8-11(9)14(15)18)21(19,20)16-12-4-2-3-5-13(12)17/h6-8,12-13,16-17H,2-5H2,1H3,(H2,15,18)/t12-,13-/m0/s1. The molecule has 1 amide bonds. The van der Waals surface area contributed by atoms with Crippen molar-refractivity contribution in [3.8, 4) is 0 Å². The maximum atomic E-state index is 12.4. The number of benzene rings is 1. The van der Waals surface area contributed by atoms with Gasteiger partial charge in [0.05, 0.1) is 11.0 Å². The number of sulfonamides is 1. The summed E-state index contributed by atoms with van der Waals surface area (Å²) in [7, 11) is -3.78. The van der Waals surface area contributed by atoms with Gasteiger partial charge in [0.25, 0.3) is 0 Å². The Morgan fingerprint density at radius 1 is 1.33 bits per heavy atom. The lowest BCUT2D eigenvalue weighted by Gasteiger charge is -2.28. The Kier molecular flexibility index (Phi) is 4.65. The smallest absolute Gasteiger partial charge is 0.249 e. The normalized spacial score (nSPS) is 23.0. The van der Waals surface area contributed by atoms with E-state index in [-0.39, 0.29) is 10.5 Å². The zero-order valence-corrected chi connectivity index (χ0v) is 12.7. The molecule has 0 spiro atoms. The number of aliphatic hydroxyl groups excluding tert-OH is 1. The number of hydrogen-bond donors (Lipinski definition) is 3. The van der Waals surface area contributed by atoms with Crippen molar-refractivity contribution in [2.75, 3.05) is 0 Å². The molecule has 116 valence electrons. The fourth-order valence-corrected chi connectivity index (χ4v) is 3.88. The van der Waals surface area contributed by atoms with Gasteiger partial charge in [-0.05, 0) is 37.5 Å². The average Bonchev–Trinajstić information content (AvgIpc) is 2.41. The van der Waals surface area contributed by atoms with Gasteiger partial charge >= 0.3 is 0 Å². The van der Waals surface area contributed by atoms with Crippen LogP contribution >= 0.6 is 0 Å². The van der Waals surface area contributed by atoms with Crippen LogP contribution in [0, 0.1) is 6.92 Å². The number of nitrogens with one attached hydrogen (secondary N) is 1. The zero-order valence-electron chi connectivity index (χ0n) is 11.9. The topological polar surface area (TPSA) is 109 Å².